The lowest BCUT2D eigenvalue weighted by atomic mass is 10.0. The number of hydrogen-bond acceptors (Lipinski definition) is 3. The summed E-state index contributed by atoms with van der Waals surface area (Å²) in [4.78, 5) is 23.7. The van der Waals surface area contributed by atoms with Crippen molar-refractivity contribution in [2.75, 3.05) is 19.0 Å². The first-order valence-electron chi connectivity index (χ1n) is 7.24. The summed E-state index contributed by atoms with van der Waals surface area (Å²) in [5.41, 5.74) is 1.63. The number of carbonyl (C=O) groups is 2. The molecule has 5 nitrogen and oxygen atoms in total. The SMILES string of the molecule is CCC(CC)C(=O)NCC(=O)Nc1cc(C)ccc1OC. The van der Waals surface area contributed by atoms with E-state index < -0.39 is 0 Å². The van der Waals surface area contributed by atoms with Gasteiger partial charge in [0.2, 0.25) is 11.8 Å². The van der Waals surface area contributed by atoms with E-state index in [1.54, 1.807) is 13.2 Å². The van der Waals surface area contributed by atoms with Gasteiger partial charge in [0, 0.05) is 5.92 Å². The van der Waals surface area contributed by atoms with E-state index in [-0.39, 0.29) is 24.3 Å². The lowest BCUT2D eigenvalue weighted by Crippen LogP contribution is -2.36. The highest BCUT2D eigenvalue weighted by Crippen LogP contribution is 2.24. The number of amides is 2. The molecule has 0 radical (unpaired) electrons. The summed E-state index contributed by atoms with van der Waals surface area (Å²) in [5, 5.41) is 5.42. The molecule has 0 aliphatic rings. The highest BCUT2D eigenvalue weighted by atomic mass is 16.5. The van der Waals surface area contributed by atoms with Crippen LogP contribution in [0.25, 0.3) is 0 Å². The average molecular weight is 292 g/mol. The zero-order chi connectivity index (χ0) is 15.8. The van der Waals surface area contributed by atoms with Gasteiger partial charge in [-0.1, -0.05) is 19.9 Å². The van der Waals surface area contributed by atoms with Gasteiger partial charge in [0.05, 0.1) is 19.3 Å². The van der Waals surface area contributed by atoms with Crippen molar-refractivity contribution in [1.29, 1.82) is 0 Å². The van der Waals surface area contributed by atoms with Gasteiger partial charge in [0.15, 0.2) is 0 Å². The maximum absolute atomic E-state index is 11.9. The molecule has 21 heavy (non-hydrogen) atoms. The Labute approximate surface area is 126 Å². The third-order valence-electron chi connectivity index (χ3n) is 3.41. The molecule has 0 saturated carbocycles. The molecule has 2 amide bonds. The van der Waals surface area contributed by atoms with Crippen molar-refractivity contribution in [3.05, 3.63) is 23.8 Å². The van der Waals surface area contributed by atoms with Crippen molar-refractivity contribution < 1.29 is 14.3 Å². The van der Waals surface area contributed by atoms with E-state index in [1.807, 2.05) is 32.9 Å². The molecule has 0 unspecified atom stereocenters. The van der Waals surface area contributed by atoms with Gasteiger partial charge in [-0.05, 0) is 37.5 Å². The van der Waals surface area contributed by atoms with Gasteiger partial charge in [0.25, 0.3) is 0 Å². The highest BCUT2D eigenvalue weighted by molar-refractivity contribution is 5.96. The number of benzene rings is 1. The van der Waals surface area contributed by atoms with E-state index in [4.69, 9.17) is 4.74 Å². The summed E-state index contributed by atoms with van der Waals surface area (Å²) in [7, 11) is 1.55. The Hall–Kier alpha value is -2.04. The van der Waals surface area contributed by atoms with Crippen LogP contribution in [0.1, 0.15) is 32.3 Å². The van der Waals surface area contributed by atoms with Crippen LogP contribution in [-0.4, -0.2) is 25.5 Å². The van der Waals surface area contributed by atoms with Crippen LogP contribution in [0.4, 0.5) is 5.69 Å². The van der Waals surface area contributed by atoms with Crippen molar-refractivity contribution in [3.63, 3.8) is 0 Å². The highest BCUT2D eigenvalue weighted by Gasteiger charge is 2.15. The molecule has 0 atom stereocenters. The molecule has 1 aromatic rings. The largest absolute Gasteiger partial charge is 0.495 e. The summed E-state index contributed by atoms with van der Waals surface area (Å²) >= 11 is 0. The minimum Gasteiger partial charge on any atom is -0.495 e. The van der Waals surface area contributed by atoms with Crippen LogP contribution < -0.4 is 15.4 Å². The molecule has 0 fully saturated rings. The van der Waals surface area contributed by atoms with Gasteiger partial charge >= 0.3 is 0 Å². The maximum Gasteiger partial charge on any atom is 0.243 e. The molecule has 0 aliphatic carbocycles. The van der Waals surface area contributed by atoms with Crippen LogP contribution in [0, 0.1) is 12.8 Å². The van der Waals surface area contributed by atoms with Crippen LogP contribution in [0.3, 0.4) is 0 Å². The van der Waals surface area contributed by atoms with Gasteiger partial charge < -0.3 is 15.4 Å². The summed E-state index contributed by atoms with van der Waals surface area (Å²) in [6.07, 6.45) is 1.55. The Bertz CT molecular complexity index is 496. The molecule has 116 valence electrons. The Morgan fingerprint density at radius 2 is 1.90 bits per heavy atom. The Kier molecular flexibility index (Phi) is 6.72. The number of rotatable bonds is 7. The second-order valence-electron chi connectivity index (χ2n) is 4.98. The fourth-order valence-electron chi connectivity index (χ4n) is 2.09. The van der Waals surface area contributed by atoms with E-state index in [9.17, 15) is 9.59 Å². The van der Waals surface area contributed by atoms with E-state index >= 15 is 0 Å². The number of nitrogens with one attached hydrogen (secondary N) is 2. The predicted molar refractivity (Wildman–Crippen MR) is 83.4 cm³/mol. The quantitative estimate of drug-likeness (QED) is 0.811. The molecule has 1 aromatic carbocycles. The van der Waals surface area contributed by atoms with Crippen molar-refractivity contribution in [1.82, 2.24) is 5.32 Å². The summed E-state index contributed by atoms with van der Waals surface area (Å²) < 4.78 is 5.20. The van der Waals surface area contributed by atoms with Crippen molar-refractivity contribution >= 4 is 17.5 Å². The summed E-state index contributed by atoms with van der Waals surface area (Å²) in [6, 6.07) is 5.54. The second kappa shape index (κ2) is 8.29. The summed E-state index contributed by atoms with van der Waals surface area (Å²) in [6.45, 7) is 5.83. The number of hydrogen-bond donors (Lipinski definition) is 2. The molecule has 5 heteroatoms. The number of ether oxygens (including phenoxy) is 1. The van der Waals surface area contributed by atoms with Gasteiger partial charge in [-0.2, -0.15) is 0 Å². The van der Waals surface area contributed by atoms with Gasteiger partial charge in [-0.3, -0.25) is 9.59 Å². The molecule has 0 bridgehead atoms. The van der Waals surface area contributed by atoms with Crippen LogP contribution in [0.15, 0.2) is 18.2 Å². The lowest BCUT2D eigenvalue weighted by Gasteiger charge is -2.14. The van der Waals surface area contributed by atoms with Crippen molar-refractivity contribution in [2.45, 2.75) is 33.6 Å². The molecule has 0 spiro atoms. The zero-order valence-corrected chi connectivity index (χ0v) is 13.2. The van der Waals surface area contributed by atoms with Gasteiger partial charge in [-0.25, -0.2) is 0 Å². The lowest BCUT2D eigenvalue weighted by molar-refractivity contribution is -0.127. The zero-order valence-electron chi connectivity index (χ0n) is 13.2. The topological polar surface area (TPSA) is 67.4 Å². The first-order valence-corrected chi connectivity index (χ1v) is 7.24. The van der Waals surface area contributed by atoms with Gasteiger partial charge in [0.1, 0.15) is 5.75 Å². The van der Waals surface area contributed by atoms with Crippen LogP contribution in [0.5, 0.6) is 5.75 Å². The fraction of sp³-hybridized carbons (Fsp3) is 0.500. The minimum atomic E-state index is -0.266. The monoisotopic (exact) mass is 292 g/mol. The number of aryl methyl sites for hydroxylation is 1. The van der Waals surface area contributed by atoms with Gasteiger partial charge in [-0.15, -0.1) is 0 Å². The fourth-order valence-corrected chi connectivity index (χ4v) is 2.09. The molecule has 0 heterocycles. The minimum absolute atomic E-state index is 0.0353. The smallest absolute Gasteiger partial charge is 0.243 e. The van der Waals surface area contributed by atoms with E-state index in [2.05, 4.69) is 10.6 Å². The van der Waals surface area contributed by atoms with Crippen molar-refractivity contribution in [2.24, 2.45) is 5.92 Å². The molecular formula is C16H24N2O3. The van der Waals surface area contributed by atoms with Crippen molar-refractivity contribution in [3.8, 4) is 5.75 Å². The molecule has 0 aliphatic heterocycles. The maximum atomic E-state index is 11.9. The summed E-state index contributed by atoms with van der Waals surface area (Å²) in [5.74, 6) is 0.219. The Morgan fingerprint density at radius 1 is 1.24 bits per heavy atom. The second-order valence-corrected chi connectivity index (χ2v) is 4.98. The first-order chi connectivity index (χ1) is 10.0. The predicted octanol–water partition coefficient (Wildman–Crippen LogP) is 2.49. The number of carbonyl (C=O) groups excluding carboxylic acids is 2. The third kappa shape index (κ3) is 5.10. The molecule has 2 N–H and O–H groups in total. The Morgan fingerprint density at radius 3 is 2.48 bits per heavy atom. The number of methoxy groups -OCH3 is 1. The third-order valence-corrected chi connectivity index (χ3v) is 3.41. The average Bonchev–Trinajstić information content (AvgIpc) is 2.46. The molecule has 1 rings (SSSR count). The van der Waals surface area contributed by atoms with Crippen LogP contribution in [-0.2, 0) is 9.59 Å². The molecule has 0 aromatic heterocycles. The molecule has 0 saturated heterocycles. The molecular weight excluding hydrogens is 268 g/mol. The standard InChI is InChI=1S/C16H24N2O3/c1-5-12(6-2)16(20)17-10-15(19)18-13-9-11(3)7-8-14(13)21-4/h7-9,12H,5-6,10H2,1-4H3,(H,17,20)(H,18,19). The van der Waals surface area contributed by atoms with E-state index in [0.717, 1.165) is 18.4 Å². The first kappa shape index (κ1) is 17.0. The van der Waals surface area contributed by atoms with Crippen LogP contribution >= 0.6 is 0 Å². The number of anilines is 1. The normalized spacial score (nSPS) is 10.3. The van der Waals surface area contributed by atoms with Crippen LogP contribution in [0.2, 0.25) is 0 Å². The Balaban J connectivity index is 2.58. The van der Waals surface area contributed by atoms with E-state index in [0.29, 0.717) is 11.4 Å². The van der Waals surface area contributed by atoms with E-state index in [1.165, 1.54) is 0 Å².